The fourth-order valence-electron chi connectivity index (χ4n) is 1.33. The summed E-state index contributed by atoms with van der Waals surface area (Å²) in [5.41, 5.74) is 1.15. The molecule has 13 heavy (non-hydrogen) atoms. The monoisotopic (exact) mass is 200 g/mol. The van der Waals surface area contributed by atoms with Gasteiger partial charge in [-0.2, -0.15) is 0 Å². The summed E-state index contributed by atoms with van der Waals surface area (Å²) >= 11 is 0. The van der Waals surface area contributed by atoms with Gasteiger partial charge in [0, 0.05) is 18.4 Å². The summed E-state index contributed by atoms with van der Waals surface area (Å²) in [7, 11) is 0. The van der Waals surface area contributed by atoms with Gasteiger partial charge in [0.1, 0.15) is 6.23 Å². The average molecular weight is 201 g/mol. The second kappa shape index (κ2) is 4.56. The van der Waals surface area contributed by atoms with Crippen molar-refractivity contribution in [3.8, 4) is 0 Å². The van der Waals surface area contributed by atoms with Crippen molar-refractivity contribution in [2.45, 2.75) is 19.2 Å². The fraction of sp³-hybridized carbons (Fsp3) is 0.444. The molecule has 1 aromatic rings. The van der Waals surface area contributed by atoms with Gasteiger partial charge in [-0.3, -0.25) is 10.3 Å². The van der Waals surface area contributed by atoms with Gasteiger partial charge in [0.05, 0.1) is 6.61 Å². The van der Waals surface area contributed by atoms with E-state index in [2.05, 4.69) is 17.2 Å². The molecule has 2 rings (SSSR count). The largest absolute Gasteiger partial charge is 0.357 e. The number of nitrogens with one attached hydrogen (secondary N) is 1. The first-order valence-corrected chi connectivity index (χ1v) is 4.14. The normalized spacial score (nSPS) is 26.8. The van der Waals surface area contributed by atoms with Crippen molar-refractivity contribution in [2.24, 2.45) is 0 Å². The van der Waals surface area contributed by atoms with E-state index in [1.165, 1.54) is 0 Å². The second-order valence-electron chi connectivity index (χ2n) is 3.06. The third-order valence-electron chi connectivity index (χ3n) is 1.96. The summed E-state index contributed by atoms with van der Waals surface area (Å²) in [5, 5.41) is 3.32. The maximum absolute atomic E-state index is 5.51. The van der Waals surface area contributed by atoms with E-state index in [0.717, 1.165) is 12.2 Å². The Hall–Kier alpha value is -0.640. The van der Waals surface area contributed by atoms with Crippen molar-refractivity contribution >= 4 is 12.4 Å². The first-order valence-electron chi connectivity index (χ1n) is 4.14. The van der Waals surface area contributed by atoms with Crippen molar-refractivity contribution in [2.75, 3.05) is 6.61 Å². The van der Waals surface area contributed by atoms with Gasteiger partial charge < -0.3 is 4.74 Å². The highest BCUT2D eigenvalue weighted by Crippen LogP contribution is 2.18. The molecule has 0 aromatic carbocycles. The Labute approximate surface area is 83.9 Å². The minimum absolute atomic E-state index is 0. The lowest BCUT2D eigenvalue weighted by Gasteiger charge is -2.09. The van der Waals surface area contributed by atoms with Crippen LogP contribution >= 0.6 is 12.4 Å². The van der Waals surface area contributed by atoms with Gasteiger partial charge in [-0.15, -0.1) is 12.4 Å². The number of aromatic nitrogens is 1. The van der Waals surface area contributed by atoms with Gasteiger partial charge in [-0.25, -0.2) is 0 Å². The number of hydrogen-bond donors (Lipinski definition) is 1. The average Bonchev–Trinajstić information content (AvgIpc) is 2.54. The molecular formula is C9H13ClN2O. The zero-order chi connectivity index (χ0) is 8.39. The molecule has 0 aliphatic carbocycles. The molecule has 2 heterocycles. The van der Waals surface area contributed by atoms with E-state index in [9.17, 15) is 0 Å². The molecule has 0 bridgehead atoms. The van der Waals surface area contributed by atoms with Crippen molar-refractivity contribution in [1.29, 1.82) is 0 Å². The van der Waals surface area contributed by atoms with Gasteiger partial charge in [0.25, 0.3) is 0 Å². The molecule has 72 valence electrons. The van der Waals surface area contributed by atoms with Gasteiger partial charge in [0.15, 0.2) is 0 Å². The molecule has 3 nitrogen and oxygen atoms in total. The van der Waals surface area contributed by atoms with Crippen LogP contribution < -0.4 is 5.32 Å². The van der Waals surface area contributed by atoms with Crippen LogP contribution in [-0.2, 0) is 4.74 Å². The molecule has 1 aliphatic rings. The third-order valence-corrected chi connectivity index (χ3v) is 1.96. The quantitative estimate of drug-likeness (QED) is 0.747. The Morgan fingerprint density at radius 1 is 1.46 bits per heavy atom. The van der Waals surface area contributed by atoms with Crippen molar-refractivity contribution in [3.05, 3.63) is 30.1 Å². The van der Waals surface area contributed by atoms with Crippen LogP contribution in [0.5, 0.6) is 0 Å². The lowest BCUT2D eigenvalue weighted by molar-refractivity contribution is 0.101. The Bertz CT molecular complexity index is 255. The number of rotatable bonds is 1. The van der Waals surface area contributed by atoms with E-state index in [1.807, 2.05) is 12.1 Å². The molecule has 0 radical (unpaired) electrons. The van der Waals surface area contributed by atoms with Crippen LogP contribution in [0.1, 0.15) is 18.7 Å². The standard InChI is InChI=1S/C9H12N2O.ClH/c1-7-6-12-9(11-7)8-2-4-10-5-3-8;/h2-5,7,9,11H,6H2,1H3;1H. The molecule has 2 unspecified atom stereocenters. The van der Waals surface area contributed by atoms with Crippen LogP contribution in [0.2, 0.25) is 0 Å². The summed E-state index contributed by atoms with van der Waals surface area (Å²) in [6.45, 7) is 2.90. The molecular weight excluding hydrogens is 188 g/mol. The molecule has 1 aliphatic heterocycles. The third kappa shape index (κ3) is 2.40. The molecule has 1 aromatic heterocycles. The number of pyridine rings is 1. The fourth-order valence-corrected chi connectivity index (χ4v) is 1.33. The summed E-state index contributed by atoms with van der Waals surface area (Å²) in [6, 6.07) is 4.38. The highest BCUT2D eigenvalue weighted by Gasteiger charge is 2.21. The summed E-state index contributed by atoms with van der Waals surface area (Å²) in [6.07, 6.45) is 3.62. The number of ether oxygens (including phenoxy) is 1. The molecule has 1 fully saturated rings. The Kier molecular flexibility index (Phi) is 3.66. The van der Waals surface area contributed by atoms with E-state index in [4.69, 9.17) is 4.74 Å². The zero-order valence-corrected chi connectivity index (χ0v) is 8.25. The molecule has 0 amide bonds. The zero-order valence-electron chi connectivity index (χ0n) is 7.43. The summed E-state index contributed by atoms with van der Waals surface area (Å²) in [4.78, 5) is 3.95. The minimum atomic E-state index is 0. The molecule has 1 N–H and O–H groups in total. The van der Waals surface area contributed by atoms with Crippen LogP contribution in [0.3, 0.4) is 0 Å². The highest BCUT2D eigenvalue weighted by atomic mass is 35.5. The number of nitrogens with zero attached hydrogens (tertiary/aromatic N) is 1. The van der Waals surface area contributed by atoms with Crippen LogP contribution in [0.25, 0.3) is 0 Å². The first-order chi connectivity index (χ1) is 5.86. The van der Waals surface area contributed by atoms with Crippen LogP contribution in [-0.4, -0.2) is 17.6 Å². The smallest absolute Gasteiger partial charge is 0.134 e. The van der Waals surface area contributed by atoms with Crippen molar-refractivity contribution in [1.82, 2.24) is 10.3 Å². The Balaban J connectivity index is 0.000000845. The number of hydrogen-bond acceptors (Lipinski definition) is 3. The van der Waals surface area contributed by atoms with E-state index < -0.39 is 0 Å². The van der Waals surface area contributed by atoms with E-state index in [-0.39, 0.29) is 18.6 Å². The SMILES string of the molecule is CC1COC(c2ccncc2)N1.Cl. The molecule has 0 spiro atoms. The van der Waals surface area contributed by atoms with E-state index in [1.54, 1.807) is 12.4 Å². The van der Waals surface area contributed by atoms with Crippen LogP contribution in [0, 0.1) is 0 Å². The van der Waals surface area contributed by atoms with Gasteiger partial charge in [-0.05, 0) is 24.6 Å². The maximum Gasteiger partial charge on any atom is 0.134 e. The highest BCUT2D eigenvalue weighted by molar-refractivity contribution is 5.85. The lowest BCUT2D eigenvalue weighted by Crippen LogP contribution is -2.22. The van der Waals surface area contributed by atoms with Gasteiger partial charge in [0.2, 0.25) is 0 Å². The molecule has 2 atom stereocenters. The van der Waals surface area contributed by atoms with E-state index in [0.29, 0.717) is 6.04 Å². The summed E-state index contributed by atoms with van der Waals surface area (Å²) in [5.74, 6) is 0. The van der Waals surface area contributed by atoms with Crippen molar-refractivity contribution < 1.29 is 4.74 Å². The predicted octanol–water partition coefficient (Wildman–Crippen LogP) is 1.51. The second-order valence-corrected chi connectivity index (χ2v) is 3.06. The Morgan fingerprint density at radius 3 is 2.69 bits per heavy atom. The number of halogens is 1. The van der Waals surface area contributed by atoms with Gasteiger partial charge in [-0.1, -0.05) is 0 Å². The molecule has 1 saturated heterocycles. The summed E-state index contributed by atoms with van der Waals surface area (Å²) < 4.78 is 5.51. The lowest BCUT2D eigenvalue weighted by atomic mass is 10.2. The minimum Gasteiger partial charge on any atom is -0.357 e. The Morgan fingerprint density at radius 2 is 2.15 bits per heavy atom. The maximum atomic E-state index is 5.51. The predicted molar refractivity (Wildman–Crippen MR) is 52.8 cm³/mol. The van der Waals surface area contributed by atoms with Crippen LogP contribution in [0.15, 0.2) is 24.5 Å². The van der Waals surface area contributed by atoms with E-state index >= 15 is 0 Å². The van der Waals surface area contributed by atoms with Crippen LogP contribution in [0.4, 0.5) is 0 Å². The van der Waals surface area contributed by atoms with Crippen molar-refractivity contribution in [3.63, 3.8) is 0 Å². The molecule has 4 heteroatoms. The van der Waals surface area contributed by atoms with Gasteiger partial charge >= 0.3 is 0 Å². The molecule has 0 saturated carbocycles. The first kappa shape index (κ1) is 10.4. The topological polar surface area (TPSA) is 34.1 Å².